The van der Waals surface area contributed by atoms with Gasteiger partial charge in [0.1, 0.15) is 13.2 Å². The summed E-state index contributed by atoms with van der Waals surface area (Å²) in [6.07, 6.45) is 62.7. The summed E-state index contributed by atoms with van der Waals surface area (Å²) in [5.74, 6) is -0.874. The molecule has 6 nitrogen and oxygen atoms in total. The lowest BCUT2D eigenvalue weighted by Crippen LogP contribution is -2.30. The highest BCUT2D eigenvalue weighted by atomic mass is 16.6. The fourth-order valence-corrected chi connectivity index (χ4v) is 8.12. The van der Waals surface area contributed by atoms with Crippen LogP contribution in [-0.2, 0) is 28.6 Å². The van der Waals surface area contributed by atoms with Crippen LogP contribution in [0.4, 0.5) is 0 Å². The maximum atomic E-state index is 12.8. The highest BCUT2D eigenvalue weighted by Crippen LogP contribution is 2.16. The largest absolute Gasteiger partial charge is 0.462 e. The predicted molar refractivity (Wildman–Crippen MR) is 275 cm³/mol. The van der Waals surface area contributed by atoms with Crippen LogP contribution < -0.4 is 0 Å². The van der Waals surface area contributed by atoms with Gasteiger partial charge in [0.2, 0.25) is 0 Å². The van der Waals surface area contributed by atoms with Gasteiger partial charge in [0, 0.05) is 19.3 Å². The van der Waals surface area contributed by atoms with Crippen molar-refractivity contribution in [3.05, 3.63) is 36.5 Å². The Bertz CT molecular complexity index is 1080. The lowest BCUT2D eigenvalue weighted by molar-refractivity contribution is -0.167. The van der Waals surface area contributed by atoms with E-state index in [1.807, 2.05) is 0 Å². The van der Waals surface area contributed by atoms with Gasteiger partial charge in [-0.15, -0.1) is 0 Å². The number of hydrogen-bond acceptors (Lipinski definition) is 6. The molecular formula is C58H106O6. The third kappa shape index (κ3) is 50.6. The normalized spacial score (nSPS) is 12.2. The number of unbranched alkanes of at least 4 members (excludes halogenated alkanes) is 34. The van der Waals surface area contributed by atoms with Crippen molar-refractivity contribution in [1.29, 1.82) is 0 Å². The molecule has 0 aliphatic rings. The van der Waals surface area contributed by atoms with Gasteiger partial charge >= 0.3 is 17.9 Å². The summed E-state index contributed by atoms with van der Waals surface area (Å²) in [6, 6.07) is 0. The summed E-state index contributed by atoms with van der Waals surface area (Å²) in [4.78, 5) is 38.0. The van der Waals surface area contributed by atoms with Crippen molar-refractivity contribution in [3.8, 4) is 0 Å². The Balaban J connectivity index is 4.30. The Labute approximate surface area is 397 Å². The van der Waals surface area contributed by atoms with Crippen LogP contribution in [0.1, 0.15) is 297 Å². The summed E-state index contributed by atoms with van der Waals surface area (Å²) in [5, 5.41) is 0. The molecule has 0 aromatic heterocycles. The molecular weight excluding hydrogens is 793 g/mol. The second-order valence-electron chi connectivity index (χ2n) is 18.8. The van der Waals surface area contributed by atoms with Crippen LogP contribution in [0.5, 0.6) is 0 Å². The summed E-state index contributed by atoms with van der Waals surface area (Å²) in [7, 11) is 0. The van der Waals surface area contributed by atoms with E-state index >= 15 is 0 Å². The maximum absolute atomic E-state index is 12.8. The van der Waals surface area contributed by atoms with E-state index in [2.05, 4.69) is 57.2 Å². The molecule has 0 saturated carbocycles. The number of ether oxygens (including phenoxy) is 3. The number of allylic oxidation sites excluding steroid dienone is 6. The predicted octanol–water partition coefficient (Wildman–Crippen LogP) is 18.5. The summed E-state index contributed by atoms with van der Waals surface area (Å²) >= 11 is 0. The van der Waals surface area contributed by atoms with Crippen LogP contribution in [0.25, 0.3) is 0 Å². The second kappa shape index (κ2) is 53.2. The van der Waals surface area contributed by atoms with Crippen molar-refractivity contribution >= 4 is 17.9 Å². The zero-order chi connectivity index (χ0) is 46.5. The first-order valence-corrected chi connectivity index (χ1v) is 28.0. The topological polar surface area (TPSA) is 78.9 Å². The van der Waals surface area contributed by atoms with E-state index in [9.17, 15) is 14.4 Å². The molecule has 6 heteroatoms. The third-order valence-corrected chi connectivity index (χ3v) is 12.4. The molecule has 0 N–H and O–H groups in total. The van der Waals surface area contributed by atoms with Crippen molar-refractivity contribution in [2.75, 3.05) is 13.2 Å². The van der Waals surface area contributed by atoms with Crippen molar-refractivity contribution < 1.29 is 28.6 Å². The van der Waals surface area contributed by atoms with E-state index in [0.29, 0.717) is 19.3 Å². The molecule has 0 amide bonds. The molecule has 0 fully saturated rings. The summed E-state index contributed by atoms with van der Waals surface area (Å²) < 4.78 is 16.8. The molecule has 0 rings (SSSR count). The van der Waals surface area contributed by atoms with Crippen LogP contribution in [0, 0.1) is 0 Å². The van der Waals surface area contributed by atoms with Gasteiger partial charge in [-0.2, -0.15) is 0 Å². The molecule has 1 atom stereocenters. The molecule has 374 valence electrons. The van der Waals surface area contributed by atoms with Gasteiger partial charge in [-0.25, -0.2) is 0 Å². The number of carbonyl (C=O) groups is 3. The van der Waals surface area contributed by atoms with Gasteiger partial charge < -0.3 is 14.2 Å². The van der Waals surface area contributed by atoms with Crippen molar-refractivity contribution in [2.45, 2.75) is 303 Å². The first-order valence-electron chi connectivity index (χ1n) is 28.0. The van der Waals surface area contributed by atoms with E-state index in [4.69, 9.17) is 14.2 Å². The fraction of sp³-hybridized carbons (Fsp3) is 0.845. The van der Waals surface area contributed by atoms with Crippen LogP contribution in [0.15, 0.2) is 36.5 Å². The standard InChI is InChI=1S/C58H106O6/c1-4-7-10-13-16-19-22-24-26-28-29-31-32-34-36-39-42-45-48-51-57(60)63-54-55(53-62-56(59)50-47-44-41-38-21-18-15-12-9-6-3)64-58(61)52-49-46-43-40-37-35-33-30-27-25-23-20-17-14-11-8-5-2/h17,20,25,27-29,55H,4-16,18-19,21-24,26,30-54H2,1-3H3/b20-17-,27-25-,29-28-. The molecule has 0 aliphatic carbocycles. The van der Waals surface area contributed by atoms with E-state index in [0.717, 1.165) is 70.6 Å². The maximum Gasteiger partial charge on any atom is 0.306 e. The molecule has 0 spiro atoms. The molecule has 0 saturated heterocycles. The Morgan fingerprint density at radius 1 is 0.312 bits per heavy atom. The van der Waals surface area contributed by atoms with E-state index in [-0.39, 0.29) is 31.1 Å². The summed E-state index contributed by atoms with van der Waals surface area (Å²) in [5.41, 5.74) is 0. The minimum absolute atomic E-state index is 0.0738. The first-order chi connectivity index (χ1) is 31.5. The smallest absolute Gasteiger partial charge is 0.306 e. The lowest BCUT2D eigenvalue weighted by Gasteiger charge is -2.18. The molecule has 64 heavy (non-hydrogen) atoms. The highest BCUT2D eigenvalue weighted by molar-refractivity contribution is 5.71. The lowest BCUT2D eigenvalue weighted by atomic mass is 10.1. The molecule has 0 radical (unpaired) electrons. The Morgan fingerprint density at radius 3 is 0.906 bits per heavy atom. The molecule has 1 unspecified atom stereocenters. The monoisotopic (exact) mass is 899 g/mol. The zero-order valence-electron chi connectivity index (χ0n) is 42.8. The third-order valence-electron chi connectivity index (χ3n) is 12.4. The average Bonchev–Trinajstić information content (AvgIpc) is 3.29. The Hall–Kier alpha value is -2.37. The van der Waals surface area contributed by atoms with E-state index in [1.165, 1.54) is 186 Å². The first kappa shape index (κ1) is 61.6. The number of hydrogen-bond donors (Lipinski definition) is 0. The number of esters is 3. The van der Waals surface area contributed by atoms with Gasteiger partial charge in [0.25, 0.3) is 0 Å². The Morgan fingerprint density at radius 2 is 0.562 bits per heavy atom. The number of rotatable bonds is 51. The Kier molecular flexibility index (Phi) is 51.3. The van der Waals surface area contributed by atoms with Gasteiger partial charge in [0.15, 0.2) is 6.10 Å². The van der Waals surface area contributed by atoms with Crippen molar-refractivity contribution in [1.82, 2.24) is 0 Å². The highest BCUT2D eigenvalue weighted by Gasteiger charge is 2.19. The SMILES string of the molecule is CCCCC/C=C\C/C=C\CCCCCCCCCC(=O)OC(COC(=O)CCCCCCCCC/C=C\CCCCCCCCCC)COC(=O)CCCCCCCCCCCC. The van der Waals surface area contributed by atoms with Crippen LogP contribution >= 0.6 is 0 Å². The van der Waals surface area contributed by atoms with Crippen molar-refractivity contribution in [2.24, 2.45) is 0 Å². The van der Waals surface area contributed by atoms with Gasteiger partial charge in [-0.05, 0) is 77.0 Å². The summed E-state index contributed by atoms with van der Waals surface area (Å²) in [6.45, 7) is 6.62. The zero-order valence-corrected chi connectivity index (χ0v) is 42.8. The van der Waals surface area contributed by atoms with E-state index < -0.39 is 6.10 Å². The quantitative estimate of drug-likeness (QED) is 0.0262. The molecule has 0 heterocycles. The van der Waals surface area contributed by atoms with Gasteiger partial charge in [-0.1, -0.05) is 237 Å². The van der Waals surface area contributed by atoms with E-state index in [1.54, 1.807) is 0 Å². The van der Waals surface area contributed by atoms with Crippen LogP contribution in [-0.4, -0.2) is 37.2 Å². The molecule has 0 aliphatic heterocycles. The molecule has 0 aromatic rings. The van der Waals surface area contributed by atoms with Crippen LogP contribution in [0.2, 0.25) is 0 Å². The average molecular weight is 899 g/mol. The minimum atomic E-state index is -0.774. The second-order valence-corrected chi connectivity index (χ2v) is 18.8. The molecule has 0 bridgehead atoms. The van der Waals surface area contributed by atoms with Crippen LogP contribution in [0.3, 0.4) is 0 Å². The van der Waals surface area contributed by atoms with Gasteiger partial charge in [0.05, 0.1) is 0 Å². The van der Waals surface area contributed by atoms with Crippen molar-refractivity contribution in [3.63, 3.8) is 0 Å². The number of carbonyl (C=O) groups excluding carboxylic acids is 3. The fourth-order valence-electron chi connectivity index (χ4n) is 8.12. The van der Waals surface area contributed by atoms with Gasteiger partial charge in [-0.3, -0.25) is 14.4 Å². The minimum Gasteiger partial charge on any atom is -0.462 e. The molecule has 0 aromatic carbocycles.